The van der Waals surface area contributed by atoms with Crippen molar-refractivity contribution < 1.29 is 23.8 Å². The van der Waals surface area contributed by atoms with Crippen molar-refractivity contribution >= 4 is 28.6 Å². The van der Waals surface area contributed by atoms with Crippen LogP contribution >= 0.6 is 11.3 Å². The third-order valence-corrected chi connectivity index (χ3v) is 4.32. The summed E-state index contributed by atoms with van der Waals surface area (Å²) in [4.78, 5) is 39.1. The van der Waals surface area contributed by atoms with E-state index in [1.54, 1.807) is 13.0 Å². The molecule has 0 aliphatic rings. The van der Waals surface area contributed by atoms with Crippen LogP contribution in [0.15, 0.2) is 29.1 Å². The summed E-state index contributed by atoms with van der Waals surface area (Å²) >= 11 is 1.16. The molecule has 140 valence electrons. The molecule has 0 saturated carbocycles. The number of aromatic nitrogens is 3. The van der Waals surface area contributed by atoms with Crippen molar-refractivity contribution in [2.24, 2.45) is 0 Å². The third-order valence-electron chi connectivity index (χ3n) is 3.44. The summed E-state index contributed by atoms with van der Waals surface area (Å²) in [6.07, 6.45) is 0.681. The molecule has 0 aliphatic carbocycles. The molecule has 3 aromatic rings. The Kier molecular flexibility index (Phi) is 5.46. The fourth-order valence-electron chi connectivity index (χ4n) is 2.22. The molecule has 0 N–H and O–H groups in total. The summed E-state index contributed by atoms with van der Waals surface area (Å²) in [6, 6.07) is 5.95. The molecule has 0 atom stereocenters. The number of aldehydes is 1. The molecule has 0 radical (unpaired) electrons. The molecule has 3 rings (SSSR count). The van der Waals surface area contributed by atoms with E-state index in [-0.39, 0.29) is 18.8 Å². The molecule has 0 aliphatic heterocycles. The Labute approximate surface area is 157 Å². The lowest BCUT2D eigenvalue weighted by atomic mass is 10.2. The second-order valence-corrected chi connectivity index (χ2v) is 6.44. The SMILES string of the molecule is COc1cc(C=O)ccc1OCC(=O)OCc1nn2c(=O)cc(C)nc2s1. The van der Waals surface area contributed by atoms with Crippen LogP contribution in [0.25, 0.3) is 4.96 Å². The molecular formula is C17H15N3O6S. The van der Waals surface area contributed by atoms with Crippen LogP contribution in [0.5, 0.6) is 11.5 Å². The Hall–Kier alpha value is -3.27. The number of esters is 1. The van der Waals surface area contributed by atoms with E-state index in [1.165, 1.54) is 25.3 Å². The molecule has 27 heavy (non-hydrogen) atoms. The van der Waals surface area contributed by atoms with Crippen LogP contribution in [-0.2, 0) is 16.1 Å². The van der Waals surface area contributed by atoms with Crippen molar-refractivity contribution in [3.8, 4) is 11.5 Å². The van der Waals surface area contributed by atoms with Crippen LogP contribution < -0.4 is 15.0 Å². The maximum atomic E-state index is 11.9. The third kappa shape index (κ3) is 4.29. The minimum absolute atomic E-state index is 0.101. The van der Waals surface area contributed by atoms with E-state index in [9.17, 15) is 14.4 Å². The summed E-state index contributed by atoms with van der Waals surface area (Å²) < 4.78 is 16.8. The number of aryl methyl sites for hydroxylation is 1. The first-order valence-corrected chi connectivity index (χ1v) is 8.60. The van der Waals surface area contributed by atoms with Gasteiger partial charge in [0.05, 0.1) is 7.11 Å². The largest absolute Gasteiger partial charge is 0.493 e. The van der Waals surface area contributed by atoms with Crippen molar-refractivity contribution in [2.75, 3.05) is 13.7 Å². The first kappa shape index (κ1) is 18.5. The number of nitrogens with zero attached hydrogens (tertiary/aromatic N) is 3. The summed E-state index contributed by atoms with van der Waals surface area (Å²) in [5.41, 5.74) is 0.729. The number of methoxy groups -OCH3 is 1. The number of hydrogen-bond acceptors (Lipinski definition) is 9. The summed E-state index contributed by atoms with van der Waals surface area (Å²) in [5.74, 6) is 0.0258. The van der Waals surface area contributed by atoms with Crippen molar-refractivity contribution in [3.05, 3.63) is 50.9 Å². The topological polar surface area (TPSA) is 109 Å². The summed E-state index contributed by atoms with van der Waals surface area (Å²) in [6.45, 7) is 1.27. The normalized spacial score (nSPS) is 10.6. The van der Waals surface area contributed by atoms with Gasteiger partial charge < -0.3 is 14.2 Å². The van der Waals surface area contributed by atoms with Gasteiger partial charge in [-0.25, -0.2) is 9.78 Å². The molecule has 9 nitrogen and oxygen atoms in total. The van der Waals surface area contributed by atoms with E-state index < -0.39 is 5.97 Å². The van der Waals surface area contributed by atoms with E-state index in [0.29, 0.717) is 39.0 Å². The molecule has 10 heteroatoms. The van der Waals surface area contributed by atoms with Crippen LogP contribution in [0.4, 0.5) is 0 Å². The van der Waals surface area contributed by atoms with Crippen LogP contribution in [0.3, 0.4) is 0 Å². The average Bonchev–Trinajstić information content (AvgIpc) is 3.07. The minimum atomic E-state index is -0.618. The highest BCUT2D eigenvalue weighted by molar-refractivity contribution is 7.16. The molecule has 0 bridgehead atoms. The lowest BCUT2D eigenvalue weighted by molar-refractivity contribution is -0.147. The molecule has 0 unspecified atom stereocenters. The lowest BCUT2D eigenvalue weighted by Gasteiger charge is -2.10. The number of benzene rings is 1. The smallest absolute Gasteiger partial charge is 0.344 e. The summed E-state index contributed by atoms with van der Waals surface area (Å²) in [5, 5.41) is 4.52. The molecule has 0 spiro atoms. The number of ether oxygens (including phenoxy) is 3. The standard InChI is InChI=1S/C17H15N3O6S/c1-10-5-15(22)20-17(18-10)27-14(19-20)8-26-16(23)9-25-12-4-3-11(7-21)6-13(12)24-2/h3-7H,8-9H2,1-2H3. The van der Waals surface area contributed by atoms with Crippen molar-refractivity contribution in [2.45, 2.75) is 13.5 Å². The number of carbonyl (C=O) groups is 2. The van der Waals surface area contributed by atoms with Gasteiger partial charge in [-0.2, -0.15) is 9.61 Å². The lowest BCUT2D eigenvalue weighted by Crippen LogP contribution is -2.16. The Morgan fingerprint density at radius 1 is 1.30 bits per heavy atom. The van der Waals surface area contributed by atoms with Crippen LogP contribution in [-0.4, -0.2) is 40.6 Å². The molecule has 0 saturated heterocycles. The molecule has 1 aromatic carbocycles. The maximum absolute atomic E-state index is 11.9. The zero-order valence-electron chi connectivity index (χ0n) is 14.5. The highest BCUT2D eigenvalue weighted by atomic mass is 32.1. The van der Waals surface area contributed by atoms with E-state index in [0.717, 1.165) is 15.9 Å². The van der Waals surface area contributed by atoms with Gasteiger partial charge >= 0.3 is 5.97 Å². The Bertz CT molecular complexity index is 1060. The number of fused-ring (bicyclic) bond motifs is 1. The van der Waals surface area contributed by atoms with Gasteiger partial charge in [0.15, 0.2) is 23.1 Å². The molecule has 0 amide bonds. The van der Waals surface area contributed by atoms with E-state index in [1.807, 2.05) is 0 Å². The number of carbonyl (C=O) groups excluding carboxylic acids is 2. The van der Waals surface area contributed by atoms with Gasteiger partial charge in [0.2, 0.25) is 4.96 Å². The second kappa shape index (κ2) is 7.96. The zero-order chi connectivity index (χ0) is 19.4. The number of hydrogen-bond donors (Lipinski definition) is 0. The fourth-order valence-corrected chi connectivity index (χ4v) is 3.07. The van der Waals surface area contributed by atoms with E-state index in [2.05, 4.69) is 10.1 Å². The Balaban J connectivity index is 1.60. The van der Waals surface area contributed by atoms with Gasteiger partial charge in [0.25, 0.3) is 5.56 Å². The first-order valence-electron chi connectivity index (χ1n) is 7.78. The van der Waals surface area contributed by atoms with E-state index >= 15 is 0 Å². The van der Waals surface area contributed by atoms with Crippen molar-refractivity contribution in [1.29, 1.82) is 0 Å². The van der Waals surface area contributed by atoms with Gasteiger partial charge in [-0.3, -0.25) is 9.59 Å². The predicted octanol–water partition coefficient (Wildman–Crippen LogP) is 1.40. The molecule has 2 heterocycles. The van der Waals surface area contributed by atoms with Crippen molar-refractivity contribution in [3.63, 3.8) is 0 Å². The Morgan fingerprint density at radius 2 is 2.11 bits per heavy atom. The predicted molar refractivity (Wildman–Crippen MR) is 95.5 cm³/mol. The van der Waals surface area contributed by atoms with Crippen LogP contribution in [0.2, 0.25) is 0 Å². The van der Waals surface area contributed by atoms with Gasteiger partial charge in [0, 0.05) is 17.3 Å². The number of rotatable bonds is 7. The molecular weight excluding hydrogens is 374 g/mol. The first-order chi connectivity index (χ1) is 13.0. The van der Waals surface area contributed by atoms with Crippen molar-refractivity contribution in [1.82, 2.24) is 14.6 Å². The molecule has 2 aromatic heterocycles. The quantitative estimate of drug-likeness (QED) is 0.441. The van der Waals surface area contributed by atoms with Gasteiger partial charge in [-0.1, -0.05) is 11.3 Å². The second-order valence-electron chi connectivity index (χ2n) is 5.40. The zero-order valence-corrected chi connectivity index (χ0v) is 15.3. The highest BCUT2D eigenvalue weighted by Crippen LogP contribution is 2.27. The average molecular weight is 389 g/mol. The van der Waals surface area contributed by atoms with Gasteiger partial charge in [0.1, 0.15) is 12.9 Å². The fraction of sp³-hybridized carbons (Fsp3) is 0.235. The molecule has 0 fully saturated rings. The minimum Gasteiger partial charge on any atom is -0.493 e. The maximum Gasteiger partial charge on any atom is 0.344 e. The van der Waals surface area contributed by atoms with Gasteiger partial charge in [-0.15, -0.1) is 0 Å². The summed E-state index contributed by atoms with van der Waals surface area (Å²) in [7, 11) is 1.43. The van der Waals surface area contributed by atoms with Gasteiger partial charge in [-0.05, 0) is 25.1 Å². The van der Waals surface area contributed by atoms with Crippen LogP contribution in [0.1, 0.15) is 21.1 Å². The Morgan fingerprint density at radius 3 is 2.85 bits per heavy atom. The van der Waals surface area contributed by atoms with Crippen LogP contribution in [0, 0.1) is 6.92 Å². The highest BCUT2D eigenvalue weighted by Gasteiger charge is 2.12. The monoisotopic (exact) mass is 389 g/mol. The van der Waals surface area contributed by atoms with E-state index in [4.69, 9.17) is 14.2 Å².